The van der Waals surface area contributed by atoms with E-state index in [1.54, 1.807) is 0 Å². The number of rotatable bonds is 3. The summed E-state index contributed by atoms with van der Waals surface area (Å²) in [5.41, 5.74) is 1.32. The lowest BCUT2D eigenvalue weighted by atomic mass is 9.73. The van der Waals surface area contributed by atoms with Crippen molar-refractivity contribution in [1.29, 1.82) is 0 Å². The Labute approximate surface area is 156 Å². The van der Waals surface area contributed by atoms with E-state index in [1.807, 2.05) is 6.07 Å². The number of halogens is 2. The van der Waals surface area contributed by atoms with E-state index in [0.717, 1.165) is 28.9 Å². The molecule has 0 atom stereocenters. The van der Waals surface area contributed by atoms with Crippen LogP contribution in [0.1, 0.15) is 31.2 Å². The highest BCUT2D eigenvalue weighted by Crippen LogP contribution is 2.43. The standard InChI is InChI=1S/C19H29Cl2N3/c1-22(2)19(15-12-16(20)14-17(21)13-15)6-4-18(5-7-19)24-10-8-23(3)9-11-24/h12-14,18H,4-11H2,1-3H3. The molecule has 0 amide bonds. The van der Waals surface area contributed by atoms with Crippen LogP contribution < -0.4 is 0 Å². The lowest BCUT2D eigenvalue weighted by molar-refractivity contribution is 0.0315. The fourth-order valence-electron chi connectivity index (χ4n) is 4.45. The van der Waals surface area contributed by atoms with Crippen LogP contribution in [0.2, 0.25) is 10.0 Å². The minimum atomic E-state index is 0.0532. The molecule has 2 aliphatic rings. The Balaban J connectivity index is 1.75. The molecule has 0 aromatic heterocycles. The van der Waals surface area contributed by atoms with Gasteiger partial charge in [0.25, 0.3) is 0 Å². The zero-order valence-corrected chi connectivity index (χ0v) is 16.6. The molecule has 0 radical (unpaired) electrons. The third kappa shape index (κ3) is 3.76. The average molecular weight is 370 g/mol. The van der Waals surface area contributed by atoms with Crippen LogP contribution in [0.25, 0.3) is 0 Å². The predicted octanol–water partition coefficient (Wildman–Crippen LogP) is 3.94. The molecule has 1 aromatic carbocycles. The van der Waals surface area contributed by atoms with Gasteiger partial charge in [0, 0.05) is 47.8 Å². The number of hydrogen-bond acceptors (Lipinski definition) is 3. The summed E-state index contributed by atoms with van der Waals surface area (Å²) in [5.74, 6) is 0. The molecule has 3 rings (SSSR count). The van der Waals surface area contributed by atoms with Crippen LogP contribution in [0.5, 0.6) is 0 Å². The lowest BCUT2D eigenvalue weighted by Crippen LogP contribution is -2.53. The summed E-state index contributed by atoms with van der Waals surface area (Å²) in [6.07, 6.45) is 4.80. The summed E-state index contributed by atoms with van der Waals surface area (Å²) in [7, 11) is 6.59. The Kier molecular flexibility index (Phi) is 5.78. The fourth-order valence-corrected chi connectivity index (χ4v) is 4.97. The maximum Gasteiger partial charge on any atom is 0.0457 e. The van der Waals surface area contributed by atoms with Crippen molar-refractivity contribution in [2.75, 3.05) is 47.3 Å². The second kappa shape index (κ2) is 7.51. The monoisotopic (exact) mass is 369 g/mol. The van der Waals surface area contributed by atoms with E-state index in [4.69, 9.17) is 23.2 Å². The third-order valence-corrected chi connectivity index (χ3v) is 6.53. The summed E-state index contributed by atoms with van der Waals surface area (Å²) in [5, 5.41) is 1.47. The zero-order valence-electron chi connectivity index (χ0n) is 15.1. The molecular formula is C19H29Cl2N3. The van der Waals surface area contributed by atoms with Gasteiger partial charge in [0.1, 0.15) is 0 Å². The van der Waals surface area contributed by atoms with Crippen LogP contribution >= 0.6 is 23.2 Å². The fraction of sp³-hybridized carbons (Fsp3) is 0.684. The lowest BCUT2D eigenvalue weighted by Gasteiger charge is -2.49. The van der Waals surface area contributed by atoms with Crippen molar-refractivity contribution < 1.29 is 0 Å². The Morgan fingerprint density at radius 2 is 1.50 bits per heavy atom. The highest BCUT2D eigenvalue weighted by molar-refractivity contribution is 6.34. The largest absolute Gasteiger partial charge is 0.304 e. The van der Waals surface area contributed by atoms with Crippen LogP contribution in [0.4, 0.5) is 0 Å². The van der Waals surface area contributed by atoms with Crippen LogP contribution in [0.3, 0.4) is 0 Å². The average Bonchev–Trinajstić information content (AvgIpc) is 2.54. The predicted molar refractivity (Wildman–Crippen MR) is 103 cm³/mol. The molecule has 1 saturated heterocycles. The number of likely N-dealkylation sites (N-methyl/N-ethyl adjacent to an activating group) is 1. The summed E-state index contributed by atoms with van der Waals surface area (Å²) < 4.78 is 0. The van der Waals surface area contributed by atoms with Crippen LogP contribution in [0.15, 0.2) is 18.2 Å². The van der Waals surface area contributed by atoms with Gasteiger partial charge < -0.3 is 4.90 Å². The van der Waals surface area contributed by atoms with Crippen molar-refractivity contribution in [3.05, 3.63) is 33.8 Å². The molecule has 0 N–H and O–H groups in total. The first-order valence-electron chi connectivity index (χ1n) is 8.97. The van der Waals surface area contributed by atoms with E-state index in [2.05, 4.69) is 48.0 Å². The summed E-state index contributed by atoms with van der Waals surface area (Å²) in [6.45, 7) is 4.80. The summed E-state index contributed by atoms with van der Waals surface area (Å²) in [4.78, 5) is 7.50. The number of piperazine rings is 1. The van der Waals surface area contributed by atoms with Crippen molar-refractivity contribution in [1.82, 2.24) is 14.7 Å². The van der Waals surface area contributed by atoms with Gasteiger partial charge in [-0.3, -0.25) is 9.80 Å². The van der Waals surface area contributed by atoms with E-state index < -0.39 is 0 Å². The van der Waals surface area contributed by atoms with Crippen LogP contribution in [-0.2, 0) is 5.54 Å². The highest BCUT2D eigenvalue weighted by atomic mass is 35.5. The molecule has 1 saturated carbocycles. The normalized spacial score (nSPS) is 30.0. The first-order valence-corrected chi connectivity index (χ1v) is 9.73. The van der Waals surface area contributed by atoms with Gasteiger partial charge in [-0.05, 0) is 70.6 Å². The maximum absolute atomic E-state index is 6.28. The summed E-state index contributed by atoms with van der Waals surface area (Å²) >= 11 is 12.6. The Bertz CT molecular complexity index is 539. The van der Waals surface area contributed by atoms with Gasteiger partial charge in [-0.1, -0.05) is 23.2 Å². The number of hydrogen-bond donors (Lipinski definition) is 0. The molecule has 3 nitrogen and oxygen atoms in total. The van der Waals surface area contributed by atoms with E-state index in [-0.39, 0.29) is 5.54 Å². The molecule has 5 heteroatoms. The molecule has 0 bridgehead atoms. The first-order chi connectivity index (χ1) is 11.4. The number of benzene rings is 1. The van der Waals surface area contributed by atoms with Gasteiger partial charge in [0.15, 0.2) is 0 Å². The molecule has 1 aromatic rings. The smallest absolute Gasteiger partial charge is 0.0457 e. The van der Waals surface area contributed by atoms with Crippen molar-refractivity contribution in [3.8, 4) is 0 Å². The topological polar surface area (TPSA) is 9.72 Å². The molecule has 1 aliphatic carbocycles. The minimum absolute atomic E-state index is 0.0532. The van der Waals surface area contributed by atoms with Crippen LogP contribution in [-0.4, -0.2) is 68.1 Å². The summed E-state index contributed by atoms with van der Waals surface area (Å²) in [6, 6.07) is 6.75. The van der Waals surface area contributed by atoms with Gasteiger partial charge >= 0.3 is 0 Å². The van der Waals surface area contributed by atoms with Gasteiger partial charge in [0.2, 0.25) is 0 Å². The molecule has 0 spiro atoms. The van der Waals surface area contributed by atoms with Crippen molar-refractivity contribution in [2.45, 2.75) is 37.3 Å². The second-order valence-electron chi connectivity index (χ2n) is 7.65. The van der Waals surface area contributed by atoms with Crippen LogP contribution in [0, 0.1) is 0 Å². The maximum atomic E-state index is 6.28. The van der Waals surface area contributed by atoms with E-state index >= 15 is 0 Å². The van der Waals surface area contributed by atoms with Crippen molar-refractivity contribution in [3.63, 3.8) is 0 Å². The van der Waals surface area contributed by atoms with Crippen molar-refractivity contribution in [2.24, 2.45) is 0 Å². The second-order valence-corrected chi connectivity index (χ2v) is 8.53. The molecule has 134 valence electrons. The Morgan fingerprint density at radius 1 is 0.958 bits per heavy atom. The van der Waals surface area contributed by atoms with Gasteiger partial charge in [-0.15, -0.1) is 0 Å². The van der Waals surface area contributed by atoms with E-state index in [9.17, 15) is 0 Å². The molecule has 0 unspecified atom stereocenters. The quantitative estimate of drug-likeness (QED) is 0.798. The third-order valence-electron chi connectivity index (χ3n) is 6.09. The number of nitrogens with zero attached hydrogens (tertiary/aromatic N) is 3. The molecular weight excluding hydrogens is 341 g/mol. The Morgan fingerprint density at radius 3 is 2.00 bits per heavy atom. The van der Waals surface area contributed by atoms with Crippen molar-refractivity contribution >= 4 is 23.2 Å². The molecule has 2 fully saturated rings. The minimum Gasteiger partial charge on any atom is -0.304 e. The van der Waals surface area contributed by atoms with Gasteiger partial charge in [-0.2, -0.15) is 0 Å². The Hall–Kier alpha value is -0.320. The van der Waals surface area contributed by atoms with Gasteiger partial charge in [-0.25, -0.2) is 0 Å². The zero-order chi connectivity index (χ0) is 17.3. The van der Waals surface area contributed by atoms with E-state index in [0.29, 0.717) is 0 Å². The molecule has 1 heterocycles. The highest BCUT2D eigenvalue weighted by Gasteiger charge is 2.40. The first kappa shape index (κ1) is 18.5. The van der Waals surface area contributed by atoms with Gasteiger partial charge in [0.05, 0.1) is 0 Å². The SMILES string of the molecule is CN1CCN(C2CCC(c3cc(Cl)cc(Cl)c3)(N(C)C)CC2)CC1. The van der Waals surface area contributed by atoms with E-state index in [1.165, 1.54) is 44.6 Å². The molecule has 1 aliphatic heterocycles. The molecule has 24 heavy (non-hydrogen) atoms.